The average Bonchev–Trinajstić information content (AvgIpc) is 2.59. The highest BCUT2D eigenvalue weighted by molar-refractivity contribution is 5.42. The van der Waals surface area contributed by atoms with Crippen molar-refractivity contribution in [2.75, 3.05) is 7.05 Å². The van der Waals surface area contributed by atoms with Gasteiger partial charge in [-0.1, -0.05) is 18.2 Å². The van der Waals surface area contributed by atoms with E-state index >= 15 is 0 Å². The maximum absolute atomic E-state index is 13.1. The SMILES string of the molecule is CN.Fc1cnc2c(c1)Oc1ccccc1CC2. The molecule has 2 heterocycles. The van der Waals surface area contributed by atoms with Crippen LogP contribution in [0.5, 0.6) is 11.5 Å². The molecule has 0 spiro atoms. The van der Waals surface area contributed by atoms with E-state index in [4.69, 9.17) is 4.74 Å². The van der Waals surface area contributed by atoms with E-state index in [0.717, 1.165) is 29.8 Å². The summed E-state index contributed by atoms with van der Waals surface area (Å²) < 4.78 is 18.7. The van der Waals surface area contributed by atoms with Gasteiger partial charge in [-0.15, -0.1) is 0 Å². The lowest BCUT2D eigenvalue weighted by atomic mass is 10.1. The van der Waals surface area contributed by atoms with E-state index in [-0.39, 0.29) is 5.82 Å². The van der Waals surface area contributed by atoms with Gasteiger partial charge in [-0.3, -0.25) is 4.98 Å². The third-order valence-electron chi connectivity index (χ3n) is 2.72. The van der Waals surface area contributed by atoms with Crippen molar-refractivity contribution in [3.8, 4) is 11.5 Å². The lowest BCUT2D eigenvalue weighted by Crippen LogP contribution is -1.93. The highest BCUT2D eigenvalue weighted by Crippen LogP contribution is 2.32. The minimum Gasteiger partial charge on any atom is -0.455 e. The summed E-state index contributed by atoms with van der Waals surface area (Å²) in [4.78, 5) is 4.06. The number of halogens is 1. The molecule has 1 aliphatic rings. The van der Waals surface area contributed by atoms with Gasteiger partial charge in [-0.05, 0) is 31.5 Å². The van der Waals surface area contributed by atoms with E-state index in [0.29, 0.717) is 5.75 Å². The Balaban J connectivity index is 0.000000574. The molecule has 94 valence electrons. The molecule has 4 heteroatoms. The molecule has 3 nitrogen and oxygen atoms in total. The first kappa shape index (κ1) is 12.5. The van der Waals surface area contributed by atoms with Gasteiger partial charge >= 0.3 is 0 Å². The first-order valence-electron chi connectivity index (χ1n) is 5.81. The van der Waals surface area contributed by atoms with Gasteiger partial charge in [0.25, 0.3) is 0 Å². The van der Waals surface area contributed by atoms with Crippen molar-refractivity contribution in [3.63, 3.8) is 0 Å². The predicted octanol–water partition coefficient (Wildman–Crippen LogP) is 2.69. The molecule has 0 bridgehead atoms. The number of aromatic nitrogens is 1. The molecule has 0 radical (unpaired) electrons. The molecule has 0 fully saturated rings. The van der Waals surface area contributed by atoms with Gasteiger partial charge in [0.2, 0.25) is 0 Å². The Morgan fingerprint density at radius 1 is 1.17 bits per heavy atom. The highest BCUT2D eigenvalue weighted by Gasteiger charge is 2.15. The van der Waals surface area contributed by atoms with Gasteiger partial charge in [-0.2, -0.15) is 0 Å². The summed E-state index contributed by atoms with van der Waals surface area (Å²) >= 11 is 0. The molecular formula is C14H15FN2O. The average molecular weight is 246 g/mol. The standard InChI is InChI=1S/C13H10FNO.CH5N/c14-10-7-13-11(15-8-10)6-5-9-3-1-2-4-12(9)16-13;1-2/h1-4,7-8H,5-6H2;2H2,1H3. The zero-order valence-corrected chi connectivity index (χ0v) is 10.2. The zero-order chi connectivity index (χ0) is 13.0. The monoisotopic (exact) mass is 246 g/mol. The maximum atomic E-state index is 13.1. The predicted molar refractivity (Wildman–Crippen MR) is 68.2 cm³/mol. The summed E-state index contributed by atoms with van der Waals surface area (Å²) in [5.74, 6) is 0.969. The van der Waals surface area contributed by atoms with E-state index in [1.54, 1.807) is 0 Å². The zero-order valence-electron chi connectivity index (χ0n) is 10.2. The summed E-state index contributed by atoms with van der Waals surface area (Å²) in [5, 5.41) is 0. The molecule has 0 saturated carbocycles. The summed E-state index contributed by atoms with van der Waals surface area (Å²) in [6, 6.07) is 9.21. The summed E-state index contributed by atoms with van der Waals surface area (Å²) in [6.45, 7) is 0. The van der Waals surface area contributed by atoms with Crippen molar-refractivity contribution in [2.45, 2.75) is 12.8 Å². The van der Waals surface area contributed by atoms with Crippen molar-refractivity contribution < 1.29 is 9.13 Å². The Labute approximate surface area is 105 Å². The molecule has 0 atom stereocenters. The fourth-order valence-electron chi connectivity index (χ4n) is 1.91. The number of hydrogen-bond acceptors (Lipinski definition) is 3. The Bertz CT molecular complexity index is 543. The van der Waals surface area contributed by atoms with Crippen LogP contribution in [-0.4, -0.2) is 12.0 Å². The first-order valence-corrected chi connectivity index (χ1v) is 5.81. The van der Waals surface area contributed by atoms with Crippen LogP contribution < -0.4 is 10.5 Å². The number of fused-ring (bicyclic) bond motifs is 2. The Morgan fingerprint density at radius 2 is 1.94 bits per heavy atom. The summed E-state index contributed by atoms with van der Waals surface area (Å²) in [6.07, 6.45) is 2.90. The molecule has 3 rings (SSSR count). The Kier molecular flexibility index (Phi) is 3.89. The second kappa shape index (κ2) is 5.60. The first-order chi connectivity index (χ1) is 8.83. The van der Waals surface area contributed by atoms with Crippen molar-refractivity contribution in [1.82, 2.24) is 4.98 Å². The van der Waals surface area contributed by atoms with Crippen molar-refractivity contribution in [3.05, 3.63) is 53.6 Å². The second-order valence-corrected chi connectivity index (χ2v) is 3.81. The Morgan fingerprint density at radius 3 is 2.78 bits per heavy atom. The second-order valence-electron chi connectivity index (χ2n) is 3.81. The number of hydrogen-bond donors (Lipinski definition) is 1. The van der Waals surface area contributed by atoms with Crippen LogP contribution in [0.25, 0.3) is 0 Å². The van der Waals surface area contributed by atoms with Gasteiger partial charge in [-0.25, -0.2) is 4.39 Å². The molecule has 0 aliphatic carbocycles. The number of nitrogens with zero attached hydrogens (tertiary/aromatic N) is 1. The van der Waals surface area contributed by atoms with Gasteiger partial charge in [0.1, 0.15) is 11.6 Å². The maximum Gasteiger partial charge on any atom is 0.151 e. The van der Waals surface area contributed by atoms with E-state index in [1.165, 1.54) is 19.3 Å². The third kappa shape index (κ3) is 2.49. The quantitative estimate of drug-likeness (QED) is 0.777. The van der Waals surface area contributed by atoms with Gasteiger partial charge < -0.3 is 10.5 Å². The van der Waals surface area contributed by atoms with Gasteiger partial charge in [0.05, 0.1) is 11.9 Å². The van der Waals surface area contributed by atoms with Crippen LogP contribution >= 0.6 is 0 Å². The van der Waals surface area contributed by atoms with Crippen molar-refractivity contribution >= 4 is 0 Å². The summed E-state index contributed by atoms with van der Waals surface area (Å²) in [5.41, 5.74) is 6.46. The number of ether oxygens (including phenoxy) is 1. The summed E-state index contributed by atoms with van der Waals surface area (Å²) in [7, 11) is 1.50. The van der Waals surface area contributed by atoms with E-state index in [2.05, 4.69) is 10.7 Å². The largest absolute Gasteiger partial charge is 0.455 e. The van der Waals surface area contributed by atoms with Gasteiger partial charge in [0.15, 0.2) is 5.75 Å². The fraction of sp³-hybridized carbons (Fsp3) is 0.214. The molecular weight excluding hydrogens is 231 g/mol. The van der Waals surface area contributed by atoms with Crippen LogP contribution in [0.15, 0.2) is 36.5 Å². The lowest BCUT2D eigenvalue weighted by molar-refractivity contribution is 0.469. The van der Waals surface area contributed by atoms with Crippen LogP contribution in [0.1, 0.15) is 11.3 Å². The van der Waals surface area contributed by atoms with E-state index in [1.807, 2.05) is 24.3 Å². The number of pyridine rings is 1. The normalized spacial score (nSPS) is 12.2. The minimum absolute atomic E-state index is 0.363. The molecule has 0 saturated heterocycles. The lowest BCUT2D eigenvalue weighted by Gasteiger charge is -2.07. The molecule has 1 aliphatic heterocycles. The molecule has 0 amide bonds. The van der Waals surface area contributed by atoms with Crippen LogP contribution in [0.4, 0.5) is 4.39 Å². The number of rotatable bonds is 0. The van der Waals surface area contributed by atoms with Crippen molar-refractivity contribution in [1.29, 1.82) is 0 Å². The van der Waals surface area contributed by atoms with Crippen LogP contribution in [-0.2, 0) is 12.8 Å². The molecule has 18 heavy (non-hydrogen) atoms. The van der Waals surface area contributed by atoms with E-state index in [9.17, 15) is 4.39 Å². The Hall–Kier alpha value is -1.94. The third-order valence-corrected chi connectivity index (χ3v) is 2.72. The molecule has 1 aromatic carbocycles. The minimum atomic E-state index is -0.363. The van der Waals surface area contributed by atoms with Crippen LogP contribution in [0.3, 0.4) is 0 Å². The van der Waals surface area contributed by atoms with Gasteiger partial charge in [0, 0.05) is 6.07 Å². The highest BCUT2D eigenvalue weighted by atomic mass is 19.1. The number of aryl methyl sites for hydroxylation is 2. The number of benzene rings is 1. The molecule has 0 unspecified atom stereocenters. The van der Waals surface area contributed by atoms with E-state index < -0.39 is 0 Å². The van der Waals surface area contributed by atoms with Crippen molar-refractivity contribution in [2.24, 2.45) is 5.73 Å². The number of nitrogens with two attached hydrogens (primary N) is 1. The molecule has 1 aromatic heterocycles. The molecule has 2 N–H and O–H groups in total. The van der Waals surface area contributed by atoms with Crippen LogP contribution in [0, 0.1) is 5.82 Å². The smallest absolute Gasteiger partial charge is 0.151 e. The molecule has 2 aromatic rings. The number of para-hydroxylation sites is 1. The van der Waals surface area contributed by atoms with Crippen LogP contribution in [0.2, 0.25) is 0 Å². The fourth-order valence-corrected chi connectivity index (χ4v) is 1.91. The topological polar surface area (TPSA) is 48.1 Å².